The van der Waals surface area contributed by atoms with E-state index in [1.807, 2.05) is 72.4 Å². The normalized spacial score (nSPS) is 15.8. The molecule has 6 nitrogen and oxygen atoms in total. The Kier molecular flexibility index (Phi) is 7.11. The Morgan fingerprint density at radius 3 is 2.22 bits per heavy atom. The van der Waals surface area contributed by atoms with Crippen LogP contribution in [0.3, 0.4) is 0 Å². The molecule has 2 aromatic carbocycles. The van der Waals surface area contributed by atoms with Gasteiger partial charge in [0.05, 0.1) is 17.1 Å². The van der Waals surface area contributed by atoms with Gasteiger partial charge in [0.1, 0.15) is 5.82 Å². The van der Waals surface area contributed by atoms with E-state index in [2.05, 4.69) is 21.4 Å². The van der Waals surface area contributed by atoms with Gasteiger partial charge in [-0.3, -0.25) is 19.0 Å². The molecule has 1 aliphatic rings. The monoisotopic (exact) mass is 485 g/mol. The van der Waals surface area contributed by atoms with Crippen LogP contribution in [0.4, 0.5) is 4.39 Å². The van der Waals surface area contributed by atoms with E-state index < -0.39 is 0 Å². The lowest BCUT2D eigenvalue weighted by Gasteiger charge is -2.39. The minimum atomic E-state index is -0.220. The molecular weight excluding hydrogens is 453 g/mol. The van der Waals surface area contributed by atoms with E-state index in [-0.39, 0.29) is 17.5 Å². The van der Waals surface area contributed by atoms with Crippen molar-refractivity contribution in [2.75, 3.05) is 32.7 Å². The highest BCUT2D eigenvalue weighted by Gasteiger charge is 2.26. The highest BCUT2D eigenvalue weighted by molar-refractivity contribution is 5.79. The second kappa shape index (κ2) is 10.6. The van der Waals surface area contributed by atoms with Crippen molar-refractivity contribution in [3.8, 4) is 0 Å². The summed E-state index contributed by atoms with van der Waals surface area (Å²) in [5.41, 5.74) is 4.83. The van der Waals surface area contributed by atoms with Crippen LogP contribution < -0.4 is 5.69 Å². The fourth-order valence-electron chi connectivity index (χ4n) is 5.30. The number of para-hydroxylation sites is 2. The summed E-state index contributed by atoms with van der Waals surface area (Å²) < 4.78 is 17.1. The number of rotatable bonds is 8. The van der Waals surface area contributed by atoms with Gasteiger partial charge in [0.2, 0.25) is 0 Å². The number of halogens is 1. The molecule has 0 radical (unpaired) electrons. The molecule has 0 bridgehead atoms. The summed E-state index contributed by atoms with van der Waals surface area (Å²) in [6.45, 7) is 11.2. The van der Waals surface area contributed by atoms with Crippen molar-refractivity contribution in [2.45, 2.75) is 25.9 Å². The van der Waals surface area contributed by atoms with Crippen LogP contribution in [0.15, 0.2) is 84.4 Å². The van der Waals surface area contributed by atoms with Gasteiger partial charge in [-0.05, 0) is 67.4 Å². The minimum Gasteiger partial charge on any atom is -0.301 e. The standard InChI is InChI=1S/C29H32FN5O/c1-22(2)35-27-7-4-3-6-26(27)34(29(35)36)17-5-16-32-18-20-33(21-19-32)28(24-12-14-31-15-13-24)23-8-10-25(30)11-9-23/h3-4,6-15,28H,1,5,16-21H2,2H3. The molecule has 5 rings (SSSR count). The number of pyridine rings is 1. The van der Waals surface area contributed by atoms with Gasteiger partial charge < -0.3 is 4.90 Å². The molecule has 1 unspecified atom stereocenters. The largest absolute Gasteiger partial charge is 0.333 e. The molecule has 1 saturated heterocycles. The van der Waals surface area contributed by atoms with E-state index in [1.165, 1.54) is 17.7 Å². The molecule has 2 aromatic heterocycles. The molecule has 0 spiro atoms. The van der Waals surface area contributed by atoms with E-state index in [0.717, 1.165) is 61.4 Å². The van der Waals surface area contributed by atoms with Gasteiger partial charge in [0.25, 0.3) is 0 Å². The molecule has 186 valence electrons. The highest BCUT2D eigenvalue weighted by Crippen LogP contribution is 2.29. The zero-order valence-corrected chi connectivity index (χ0v) is 20.7. The maximum Gasteiger partial charge on any atom is 0.333 e. The van der Waals surface area contributed by atoms with Gasteiger partial charge in [-0.2, -0.15) is 0 Å². The third kappa shape index (κ3) is 4.90. The predicted molar refractivity (Wildman–Crippen MR) is 142 cm³/mol. The summed E-state index contributed by atoms with van der Waals surface area (Å²) >= 11 is 0. The zero-order chi connectivity index (χ0) is 25.1. The van der Waals surface area contributed by atoms with E-state index in [0.29, 0.717) is 6.54 Å². The molecule has 7 heteroatoms. The fraction of sp³-hybridized carbons (Fsp3) is 0.310. The summed E-state index contributed by atoms with van der Waals surface area (Å²) in [6, 6.07) is 18.9. The summed E-state index contributed by atoms with van der Waals surface area (Å²) in [5, 5.41) is 0. The first-order valence-corrected chi connectivity index (χ1v) is 12.5. The minimum absolute atomic E-state index is 0.0204. The van der Waals surface area contributed by atoms with Gasteiger partial charge in [-0.1, -0.05) is 30.8 Å². The molecule has 0 saturated carbocycles. The van der Waals surface area contributed by atoms with Crippen LogP contribution in [0.2, 0.25) is 0 Å². The fourth-order valence-corrected chi connectivity index (χ4v) is 5.30. The summed E-state index contributed by atoms with van der Waals surface area (Å²) in [4.78, 5) is 22.1. The highest BCUT2D eigenvalue weighted by atomic mass is 19.1. The van der Waals surface area contributed by atoms with Crippen molar-refractivity contribution < 1.29 is 4.39 Å². The number of aromatic nitrogens is 3. The lowest BCUT2D eigenvalue weighted by atomic mass is 9.97. The lowest BCUT2D eigenvalue weighted by molar-refractivity contribution is 0.107. The second-order valence-electron chi connectivity index (χ2n) is 9.46. The van der Waals surface area contributed by atoms with Crippen molar-refractivity contribution in [1.29, 1.82) is 0 Å². The van der Waals surface area contributed by atoms with Crippen molar-refractivity contribution >= 4 is 16.7 Å². The lowest BCUT2D eigenvalue weighted by Crippen LogP contribution is -2.48. The third-order valence-corrected chi connectivity index (χ3v) is 7.05. The quantitative estimate of drug-likeness (QED) is 0.365. The third-order valence-electron chi connectivity index (χ3n) is 7.05. The van der Waals surface area contributed by atoms with Gasteiger partial charge in [-0.15, -0.1) is 0 Å². The van der Waals surface area contributed by atoms with E-state index in [1.54, 1.807) is 4.57 Å². The number of fused-ring (bicyclic) bond motifs is 1. The number of benzene rings is 2. The Labute approximate surface area is 210 Å². The molecule has 0 amide bonds. The van der Waals surface area contributed by atoms with Gasteiger partial charge >= 0.3 is 5.69 Å². The number of piperazine rings is 1. The molecule has 0 N–H and O–H groups in total. The van der Waals surface area contributed by atoms with Crippen molar-refractivity contribution in [2.24, 2.45) is 0 Å². The Morgan fingerprint density at radius 1 is 0.917 bits per heavy atom. The molecule has 0 aliphatic carbocycles. The van der Waals surface area contributed by atoms with E-state index in [9.17, 15) is 9.18 Å². The van der Waals surface area contributed by atoms with E-state index >= 15 is 0 Å². The first-order chi connectivity index (χ1) is 17.5. The van der Waals surface area contributed by atoms with Crippen LogP contribution in [0.1, 0.15) is 30.5 Å². The maximum atomic E-state index is 13.6. The Balaban J connectivity index is 1.24. The first kappa shape index (κ1) is 24.2. The first-order valence-electron chi connectivity index (χ1n) is 12.5. The van der Waals surface area contributed by atoms with Gasteiger partial charge in [-0.25, -0.2) is 9.18 Å². The average molecular weight is 486 g/mol. The van der Waals surface area contributed by atoms with Crippen LogP contribution in [-0.4, -0.2) is 56.6 Å². The molecular formula is C29H32FN5O. The van der Waals surface area contributed by atoms with Crippen molar-refractivity contribution in [3.63, 3.8) is 0 Å². The van der Waals surface area contributed by atoms with Crippen LogP contribution in [-0.2, 0) is 6.54 Å². The maximum absolute atomic E-state index is 13.6. The Hall–Kier alpha value is -3.55. The molecule has 1 aliphatic heterocycles. The summed E-state index contributed by atoms with van der Waals surface area (Å²) in [7, 11) is 0. The van der Waals surface area contributed by atoms with Crippen molar-refractivity contribution in [1.82, 2.24) is 23.9 Å². The summed E-state index contributed by atoms with van der Waals surface area (Å²) in [6.07, 6.45) is 4.53. The Morgan fingerprint density at radius 2 is 1.56 bits per heavy atom. The Bertz CT molecular complexity index is 1380. The molecule has 4 aromatic rings. The van der Waals surface area contributed by atoms with Crippen LogP contribution in [0.5, 0.6) is 0 Å². The predicted octanol–water partition coefficient (Wildman–Crippen LogP) is 4.63. The van der Waals surface area contributed by atoms with Gasteiger partial charge in [0, 0.05) is 50.8 Å². The molecule has 1 atom stereocenters. The number of imidazole rings is 1. The number of nitrogens with zero attached hydrogens (tertiary/aromatic N) is 5. The SMILES string of the molecule is C=C(C)n1c(=O)n(CCCN2CCN(C(c3ccncc3)c3ccc(F)cc3)CC2)c2ccccc21. The van der Waals surface area contributed by atoms with Crippen LogP contribution in [0, 0.1) is 5.82 Å². The zero-order valence-electron chi connectivity index (χ0n) is 20.7. The number of hydrogen-bond acceptors (Lipinski definition) is 4. The topological polar surface area (TPSA) is 46.3 Å². The van der Waals surface area contributed by atoms with Crippen molar-refractivity contribution in [3.05, 3.63) is 107 Å². The van der Waals surface area contributed by atoms with Gasteiger partial charge in [0.15, 0.2) is 0 Å². The molecule has 1 fully saturated rings. The molecule has 36 heavy (non-hydrogen) atoms. The summed E-state index contributed by atoms with van der Waals surface area (Å²) in [5.74, 6) is -0.220. The number of allylic oxidation sites excluding steroid dienone is 1. The smallest absolute Gasteiger partial charge is 0.301 e. The average Bonchev–Trinajstić information content (AvgIpc) is 3.18. The number of hydrogen-bond donors (Lipinski definition) is 0. The molecule has 3 heterocycles. The second-order valence-corrected chi connectivity index (χ2v) is 9.46. The number of aryl methyl sites for hydroxylation is 1. The van der Waals surface area contributed by atoms with E-state index in [4.69, 9.17) is 0 Å². The van der Waals surface area contributed by atoms with Crippen LogP contribution in [0.25, 0.3) is 16.7 Å². The van der Waals surface area contributed by atoms with Crippen LogP contribution >= 0.6 is 0 Å².